The van der Waals surface area contributed by atoms with Crippen molar-refractivity contribution >= 4 is 23.5 Å². The van der Waals surface area contributed by atoms with Crippen molar-refractivity contribution in [2.75, 3.05) is 11.5 Å². The number of hydrogen-bond acceptors (Lipinski definition) is 2. The lowest BCUT2D eigenvalue weighted by molar-refractivity contribution is 0.910. The van der Waals surface area contributed by atoms with Crippen LogP contribution in [-0.2, 0) is 0 Å². The summed E-state index contributed by atoms with van der Waals surface area (Å²) in [7, 11) is 0. The maximum absolute atomic E-state index is 4.28. The van der Waals surface area contributed by atoms with Gasteiger partial charge in [-0.05, 0) is 36.3 Å². The van der Waals surface area contributed by atoms with Crippen LogP contribution < -0.4 is 0 Å². The number of hydrogen-bond donors (Lipinski definition) is 0. The molecular weight excluding hydrogens is 268 g/mol. The van der Waals surface area contributed by atoms with E-state index in [1.54, 1.807) is 0 Å². The molecule has 0 atom stereocenters. The van der Waals surface area contributed by atoms with Gasteiger partial charge in [-0.25, -0.2) is 0 Å². The Hall–Kier alpha value is -0.600. The summed E-state index contributed by atoms with van der Waals surface area (Å²) in [5.74, 6) is 2.41. The predicted molar refractivity (Wildman–Crippen MR) is 93.9 cm³/mol. The quantitative estimate of drug-likeness (QED) is 0.547. The Morgan fingerprint density at radius 1 is 1.21 bits per heavy atom. The molecule has 1 aliphatic heterocycles. The molecular formula is C17H24S2. The van der Waals surface area contributed by atoms with Gasteiger partial charge in [0.25, 0.3) is 0 Å². The van der Waals surface area contributed by atoms with Gasteiger partial charge in [0, 0.05) is 0 Å². The molecule has 1 fully saturated rings. The molecule has 1 heterocycles. The van der Waals surface area contributed by atoms with Crippen molar-refractivity contribution in [2.45, 2.75) is 30.3 Å². The van der Waals surface area contributed by atoms with E-state index in [0.29, 0.717) is 0 Å². The van der Waals surface area contributed by atoms with Crippen molar-refractivity contribution in [1.29, 1.82) is 0 Å². The minimum Gasteiger partial charge on any atom is -0.139 e. The lowest BCUT2D eigenvalue weighted by atomic mass is 10.0. The van der Waals surface area contributed by atoms with Crippen molar-refractivity contribution < 1.29 is 0 Å². The molecule has 0 amide bonds. The van der Waals surface area contributed by atoms with E-state index in [9.17, 15) is 0 Å². The topological polar surface area (TPSA) is 0 Å². The van der Waals surface area contributed by atoms with Gasteiger partial charge < -0.3 is 0 Å². The first-order valence-corrected chi connectivity index (χ1v) is 8.72. The second-order valence-electron chi connectivity index (χ2n) is 4.57. The summed E-state index contributed by atoms with van der Waals surface area (Å²) < 4.78 is 0.0624. The molecule has 0 unspecified atom stereocenters. The van der Waals surface area contributed by atoms with Crippen LogP contribution in [0.4, 0.5) is 0 Å². The van der Waals surface area contributed by atoms with Crippen molar-refractivity contribution in [3.8, 4) is 0 Å². The van der Waals surface area contributed by atoms with Crippen LogP contribution in [0.2, 0.25) is 0 Å². The number of allylic oxidation sites excluding steroid dienone is 6. The normalized spacial score (nSPS) is 18.8. The van der Waals surface area contributed by atoms with E-state index in [1.165, 1.54) is 29.1 Å². The highest BCUT2D eigenvalue weighted by Gasteiger charge is 2.35. The van der Waals surface area contributed by atoms with Gasteiger partial charge >= 0.3 is 0 Å². The molecule has 0 aromatic carbocycles. The fraction of sp³-hybridized carbons (Fsp3) is 0.412. The van der Waals surface area contributed by atoms with E-state index in [2.05, 4.69) is 44.9 Å². The molecule has 19 heavy (non-hydrogen) atoms. The Bertz CT molecular complexity index is 382. The molecule has 0 N–H and O–H groups in total. The highest BCUT2D eigenvalue weighted by molar-refractivity contribution is 8.19. The van der Waals surface area contributed by atoms with E-state index < -0.39 is 0 Å². The fourth-order valence-electron chi connectivity index (χ4n) is 1.93. The summed E-state index contributed by atoms with van der Waals surface area (Å²) in [5, 5.41) is 0. The zero-order valence-electron chi connectivity index (χ0n) is 11.9. The zero-order valence-corrected chi connectivity index (χ0v) is 13.5. The standard InChI is InChI=1S/C17H24S2/c1-5-7-10-15(3)14-17(16(4)11-8-6-2)18-12-9-13-19-17/h6-8,10-11H,2-5,9,12-14H2,1H3/b10-7-,11-8-. The molecule has 0 aliphatic carbocycles. The Balaban J connectivity index is 2.83. The summed E-state index contributed by atoms with van der Waals surface area (Å²) in [6.45, 7) is 14.4. The van der Waals surface area contributed by atoms with E-state index in [1.807, 2.05) is 35.7 Å². The van der Waals surface area contributed by atoms with Crippen LogP contribution in [0.1, 0.15) is 26.2 Å². The summed E-state index contributed by atoms with van der Waals surface area (Å²) in [5.41, 5.74) is 2.37. The third kappa shape index (κ3) is 5.12. The molecule has 0 bridgehead atoms. The van der Waals surface area contributed by atoms with Gasteiger partial charge in [-0.3, -0.25) is 0 Å². The third-order valence-corrected chi connectivity index (χ3v) is 6.37. The van der Waals surface area contributed by atoms with Crippen LogP contribution in [-0.4, -0.2) is 15.6 Å². The van der Waals surface area contributed by atoms with Gasteiger partial charge in [0.15, 0.2) is 0 Å². The van der Waals surface area contributed by atoms with Crippen molar-refractivity contribution in [2.24, 2.45) is 0 Å². The molecule has 1 aliphatic rings. The van der Waals surface area contributed by atoms with Gasteiger partial charge in [0.05, 0.1) is 4.08 Å². The van der Waals surface area contributed by atoms with E-state index in [4.69, 9.17) is 0 Å². The maximum Gasteiger partial charge on any atom is 0.0894 e. The Kier molecular flexibility index (Phi) is 7.40. The lowest BCUT2D eigenvalue weighted by Crippen LogP contribution is -2.27. The molecule has 2 heteroatoms. The van der Waals surface area contributed by atoms with Gasteiger partial charge in [0.2, 0.25) is 0 Å². The summed E-state index contributed by atoms with van der Waals surface area (Å²) in [6, 6.07) is 0. The van der Waals surface area contributed by atoms with Crippen LogP contribution in [0.5, 0.6) is 0 Å². The van der Waals surface area contributed by atoms with E-state index in [-0.39, 0.29) is 4.08 Å². The largest absolute Gasteiger partial charge is 0.139 e. The van der Waals surface area contributed by atoms with E-state index >= 15 is 0 Å². The fourth-order valence-corrected chi connectivity index (χ4v) is 5.26. The summed E-state index contributed by atoms with van der Waals surface area (Å²) in [6.07, 6.45) is 13.5. The molecule has 104 valence electrons. The van der Waals surface area contributed by atoms with Gasteiger partial charge in [-0.15, -0.1) is 23.5 Å². The molecule has 0 spiro atoms. The van der Waals surface area contributed by atoms with Crippen molar-refractivity contribution in [3.05, 3.63) is 61.3 Å². The predicted octanol–water partition coefficient (Wildman–Crippen LogP) is 5.76. The average molecular weight is 293 g/mol. The molecule has 0 aromatic heterocycles. The summed E-state index contributed by atoms with van der Waals surface area (Å²) >= 11 is 4.03. The minimum absolute atomic E-state index is 0.0624. The third-order valence-electron chi connectivity index (χ3n) is 2.93. The first-order valence-electron chi connectivity index (χ1n) is 6.75. The molecule has 0 aromatic rings. The SMILES string of the molecule is C=C/C=C\C(=C)C1(CC(=C)/C=C\CC)SCCCS1. The first-order chi connectivity index (χ1) is 9.14. The Labute approximate surface area is 126 Å². The molecule has 0 saturated carbocycles. The number of thioether (sulfide) groups is 2. The summed E-state index contributed by atoms with van der Waals surface area (Å²) in [4.78, 5) is 0. The molecule has 1 rings (SSSR count). The Morgan fingerprint density at radius 3 is 2.47 bits per heavy atom. The maximum atomic E-state index is 4.28. The van der Waals surface area contributed by atoms with Gasteiger partial charge in [0.1, 0.15) is 0 Å². The molecule has 0 radical (unpaired) electrons. The molecule has 0 nitrogen and oxygen atoms in total. The Morgan fingerprint density at radius 2 is 1.89 bits per heavy atom. The van der Waals surface area contributed by atoms with Gasteiger partial charge in [-0.1, -0.05) is 62.6 Å². The van der Waals surface area contributed by atoms with Crippen LogP contribution in [0, 0.1) is 0 Å². The highest BCUT2D eigenvalue weighted by atomic mass is 32.2. The van der Waals surface area contributed by atoms with Crippen molar-refractivity contribution in [1.82, 2.24) is 0 Å². The van der Waals surface area contributed by atoms with Crippen LogP contribution in [0.3, 0.4) is 0 Å². The number of rotatable bonds is 7. The van der Waals surface area contributed by atoms with Crippen LogP contribution in [0.15, 0.2) is 61.3 Å². The highest BCUT2D eigenvalue weighted by Crippen LogP contribution is 2.51. The van der Waals surface area contributed by atoms with Crippen molar-refractivity contribution in [3.63, 3.8) is 0 Å². The van der Waals surface area contributed by atoms with Crippen LogP contribution >= 0.6 is 23.5 Å². The second-order valence-corrected chi connectivity index (χ2v) is 7.62. The minimum atomic E-state index is 0.0624. The lowest BCUT2D eigenvalue weighted by Gasteiger charge is -2.37. The van der Waals surface area contributed by atoms with Gasteiger partial charge in [-0.2, -0.15) is 0 Å². The average Bonchev–Trinajstić information content (AvgIpc) is 2.43. The first kappa shape index (κ1) is 16.5. The van der Waals surface area contributed by atoms with Crippen LogP contribution in [0.25, 0.3) is 0 Å². The monoisotopic (exact) mass is 292 g/mol. The zero-order chi connectivity index (χ0) is 14.1. The second kappa shape index (κ2) is 8.55. The smallest absolute Gasteiger partial charge is 0.0894 e. The molecule has 1 saturated heterocycles. The van der Waals surface area contributed by atoms with E-state index in [0.717, 1.165) is 12.8 Å².